The molecule has 0 unspecified atom stereocenters. The van der Waals surface area contributed by atoms with Crippen LogP contribution in [0.25, 0.3) is 11.3 Å². The van der Waals surface area contributed by atoms with Crippen molar-refractivity contribution < 1.29 is 23.2 Å². The summed E-state index contributed by atoms with van der Waals surface area (Å²) in [6, 6.07) is 12.4. The number of nitrogens with one attached hydrogen (secondary N) is 2. The number of nitrogens with zero attached hydrogens (tertiary/aromatic N) is 1. The molecule has 3 amide bonds. The molecule has 160 valence electrons. The van der Waals surface area contributed by atoms with Gasteiger partial charge in [0.1, 0.15) is 5.82 Å². The maximum atomic E-state index is 13.0. The zero-order valence-electron chi connectivity index (χ0n) is 16.6. The molecule has 9 heteroatoms. The molecule has 0 saturated heterocycles. The van der Waals surface area contributed by atoms with Crippen LogP contribution >= 0.6 is 0 Å². The summed E-state index contributed by atoms with van der Waals surface area (Å²) in [6.07, 6.45) is 1.88. The van der Waals surface area contributed by atoms with Crippen LogP contribution in [0.2, 0.25) is 0 Å². The number of benzene rings is 2. The van der Waals surface area contributed by atoms with Crippen LogP contribution in [0.3, 0.4) is 0 Å². The van der Waals surface area contributed by atoms with E-state index in [0.29, 0.717) is 22.9 Å². The lowest BCUT2D eigenvalue weighted by Gasteiger charge is -2.11. The molecule has 1 heterocycles. The Hall–Kier alpha value is -4.01. The van der Waals surface area contributed by atoms with Crippen molar-refractivity contribution in [3.8, 4) is 11.3 Å². The number of aryl methyl sites for hydroxylation is 1. The normalized spacial score (nSPS) is 10.5. The van der Waals surface area contributed by atoms with Gasteiger partial charge in [0.15, 0.2) is 11.7 Å². The fourth-order valence-corrected chi connectivity index (χ4v) is 2.79. The fraction of sp³-hybridized carbons (Fsp3) is 0.182. The van der Waals surface area contributed by atoms with Crippen molar-refractivity contribution in [2.24, 2.45) is 5.73 Å². The second-order valence-corrected chi connectivity index (χ2v) is 6.69. The maximum absolute atomic E-state index is 13.0. The van der Waals surface area contributed by atoms with E-state index in [1.165, 1.54) is 18.3 Å². The summed E-state index contributed by atoms with van der Waals surface area (Å²) in [7, 11) is 0. The Kier molecular flexibility index (Phi) is 7.10. The lowest BCUT2D eigenvalue weighted by atomic mass is 10.1. The largest absolute Gasteiger partial charge is 0.441 e. The van der Waals surface area contributed by atoms with Gasteiger partial charge in [-0.15, -0.1) is 0 Å². The molecule has 0 saturated carbocycles. The van der Waals surface area contributed by atoms with Crippen molar-refractivity contribution in [1.29, 1.82) is 0 Å². The number of anilines is 1. The van der Waals surface area contributed by atoms with Crippen LogP contribution in [0.15, 0.2) is 59.1 Å². The molecule has 3 rings (SSSR count). The number of aromatic nitrogens is 1. The molecule has 0 spiro atoms. The molecule has 0 bridgehead atoms. The number of primary amides is 1. The first-order chi connectivity index (χ1) is 14.9. The number of halogens is 1. The maximum Gasteiger partial charge on any atom is 0.253 e. The zero-order chi connectivity index (χ0) is 22.2. The van der Waals surface area contributed by atoms with Crippen LogP contribution in [0.1, 0.15) is 29.1 Å². The van der Waals surface area contributed by atoms with Crippen LogP contribution in [0.4, 0.5) is 10.1 Å². The Morgan fingerprint density at radius 3 is 2.52 bits per heavy atom. The Labute approximate surface area is 177 Å². The van der Waals surface area contributed by atoms with Crippen molar-refractivity contribution in [3.05, 3.63) is 72.0 Å². The van der Waals surface area contributed by atoms with Gasteiger partial charge in [-0.1, -0.05) is 12.1 Å². The smallest absolute Gasteiger partial charge is 0.253 e. The lowest BCUT2D eigenvalue weighted by Crippen LogP contribution is -2.28. The van der Waals surface area contributed by atoms with E-state index in [1.807, 2.05) is 0 Å². The van der Waals surface area contributed by atoms with Gasteiger partial charge in [0.25, 0.3) is 5.91 Å². The van der Waals surface area contributed by atoms with Gasteiger partial charge in [0.2, 0.25) is 11.8 Å². The molecule has 8 nitrogen and oxygen atoms in total. The zero-order valence-corrected chi connectivity index (χ0v) is 16.6. The van der Waals surface area contributed by atoms with E-state index in [-0.39, 0.29) is 43.1 Å². The Morgan fingerprint density at radius 2 is 1.77 bits per heavy atom. The molecule has 31 heavy (non-hydrogen) atoms. The number of hydrogen-bond acceptors (Lipinski definition) is 5. The standard InChI is InChI=1S/C22H21FN4O4/c23-15-7-5-14(6-8-15)18-13-26-21(31-18)10-9-20(29)27-17-4-2-1-3-16(17)22(30)25-12-11-19(24)28/h1-8,13H,9-12H2,(H2,24,28)(H,25,30)(H,27,29). The third-order valence-electron chi connectivity index (χ3n) is 4.35. The van der Waals surface area contributed by atoms with Crippen molar-refractivity contribution in [3.63, 3.8) is 0 Å². The monoisotopic (exact) mass is 424 g/mol. The minimum absolute atomic E-state index is 0.0241. The van der Waals surface area contributed by atoms with Crippen LogP contribution in [-0.2, 0) is 16.0 Å². The highest BCUT2D eigenvalue weighted by molar-refractivity contribution is 6.03. The predicted octanol–water partition coefficient (Wildman–Crippen LogP) is 2.66. The van der Waals surface area contributed by atoms with E-state index in [9.17, 15) is 18.8 Å². The minimum Gasteiger partial charge on any atom is -0.441 e. The SMILES string of the molecule is NC(=O)CCNC(=O)c1ccccc1NC(=O)CCc1ncc(-c2ccc(F)cc2)o1. The first-order valence-corrected chi connectivity index (χ1v) is 9.58. The second kappa shape index (κ2) is 10.1. The van der Waals surface area contributed by atoms with E-state index in [1.54, 1.807) is 36.4 Å². The van der Waals surface area contributed by atoms with Crippen molar-refractivity contribution >= 4 is 23.4 Å². The van der Waals surface area contributed by atoms with Gasteiger partial charge in [-0.25, -0.2) is 9.37 Å². The van der Waals surface area contributed by atoms with Gasteiger partial charge >= 0.3 is 0 Å². The van der Waals surface area contributed by atoms with E-state index in [0.717, 1.165) is 0 Å². The highest BCUT2D eigenvalue weighted by Gasteiger charge is 2.14. The molecule has 3 aromatic rings. The second-order valence-electron chi connectivity index (χ2n) is 6.69. The number of nitrogens with two attached hydrogens (primary N) is 1. The quantitative estimate of drug-likeness (QED) is 0.487. The molecule has 0 fully saturated rings. The van der Waals surface area contributed by atoms with Crippen LogP contribution in [0.5, 0.6) is 0 Å². The van der Waals surface area contributed by atoms with Gasteiger partial charge < -0.3 is 20.8 Å². The van der Waals surface area contributed by atoms with Gasteiger partial charge in [0, 0.05) is 31.4 Å². The van der Waals surface area contributed by atoms with Crippen LogP contribution < -0.4 is 16.4 Å². The highest BCUT2D eigenvalue weighted by Crippen LogP contribution is 2.21. The van der Waals surface area contributed by atoms with Gasteiger partial charge in [-0.05, 0) is 36.4 Å². The topological polar surface area (TPSA) is 127 Å². The van der Waals surface area contributed by atoms with Crippen molar-refractivity contribution in [2.45, 2.75) is 19.3 Å². The average Bonchev–Trinajstić information content (AvgIpc) is 3.22. The van der Waals surface area contributed by atoms with Gasteiger partial charge in [0.05, 0.1) is 17.4 Å². The summed E-state index contributed by atoms with van der Waals surface area (Å²) in [5.74, 6) is -0.758. The first kappa shape index (κ1) is 21.7. The third kappa shape index (κ3) is 6.23. The number of amides is 3. The van der Waals surface area contributed by atoms with E-state index in [4.69, 9.17) is 10.2 Å². The summed E-state index contributed by atoms with van der Waals surface area (Å²) >= 11 is 0. The summed E-state index contributed by atoms with van der Waals surface area (Å²) in [5, 5.41) is 5.29. The Bertz CT molecular complexity index is 1080. The molecule has 0 aliphatic rings. The molecule has 1 aromatic heterocycles. The van der Waals surface area contributed by atoms with E-state index < -0.39 is 11.8 Å². The number of carbonyl (C=O) groups is 3. The van der Waals surface area contributed by atoms with Crippen molar-refractivity contribution in [2.75, 3.05) is 11.9 Å². The van der Waals surface area contributed by atoms with Crippen LogP contribution in [0, 0.1) is 5.82 Å². The average molecular weight is 424 g/mol. The Balaban J connectivity index is 1.56. The van der Waals surface area contributed by atoms with Gasteiger partial charge in [-0.2, -0.15) is 0 Å². The summed E-state index contributed by atoms with van der Waals surface area (Å²) < 4.78 is 18.7. The van der Waals surface area contributed by atoms with Crippen LogP contribution in [-0.4, -0.2) is 29.3 Å². The summed E-state index contributed by atoms with van der Waals surface area (Å²) in [4.78, 5) is 39.6. The highest BCUT2D eigenvalue weighted by atomic mass is 19.1. The van der Waals surface area contributed by atoms with E-state index >= 15 is 0 Å². The minimum atomic E-state index is -0.518. The third-order valence-corrected chi connectivity index (χ3v) is 4.35. The first-order valence-electron chi connectivity index (χ1n) is 9.58. The number of hydrogen-bond donors (Lipinski definition) is 3. The molecule has 0 aliphatic heterocycles. The lowest BCUT2D eigenvalue weighted by molar-refractivity contribution is -0.118. The predicted molar refractivity (Wildman–Crippen MR) is 111 cm³/mol. The fourth-order valence-electron chi connectivity index (χ4n) is 2.79. The number of oxazole rings is 1. The molecule has 2 aromatic carbocycles. The van der Waals surface area contributed by atoms with Crippen molar-refractivity contribution in [1.82, 2.24) is 10.3 Å². The number of rotatable bonds is 9. The Morgan fingerprint density at radius 1 is 1.03 bits per heavy atom. The van der Waals surface area contributed by atoms with E-state index in [2.05, 4.69) is 15.6 Å². The summed E-state index contributed by atoms with van der Waals surface area (Å²) in [5.41, 5.74) is 6.36. The number of carbonyl (C=O) groups excluding carboxylic acids is 3. The molecular weight excluding hydrogens is 403 g/mol. The molecule has 0 radical (unpaired) electrons. The van der Waals surface area contributed by atoms with Gasteiger partial charge in [-0.3, -0.25) is 14.4 Å². The molecule has 0 atom stereocenters. The molecule has 0 aliphatic carbocycles. The summed E-state index contributed by atoms with van der Waals surface area (Å²) in [6.45, 7) is 0.108. The molecular formula is C22H21FN4O4. The number of para-hydroxylation sites is 1. The molecule has 4 N–H and O–H groups in total.